The molecule has 0 atom stereocenters. The van der Waals surface area contributed by atoms with Gasteiger partial charge in [-0.05, 0) is 33.0 Å². The van der Waals surface area contributed by atoms with Crippen LogP contribution in [0, 0.1) is 0 Å². The molecule has 0 aliphatic heterocycles. The van der Waals surface area contributed by atoms with E-state index in [1.54, 1.807) is 0 Å². The topological polar surface area (TPSA) is 52.6 Å². The third-order valence-corrected chi connectivity index (χ3v) is 3.70. The molecule has 0 unspecified atom stereocenters. The van der Waals surface area contributed by atoms with Gasteiger partial charge in [-0.15, -0.1) is 0 Å². The Balaban J connectivity index is 2.32. The summed E-state index contributed by atoms with van der Waals surface area (Å²) in [5.74, 6) is -0.925. The van der Waals surface area contributed by atoms with E-state index in [9.17, 15) is 9.59 Å². The highest BCUT2D eigenvalue weighted by Gasteiger charge is 2.25. The number of allylic oxidation sites excluding steroid dienone is 2. The first-order valence-electron chi connectivity index (χ1n) is 6.78. The van der Waals surface area contributed by atoms with Gasteiger partial charge in [0.05, 0.1) is 14.2 Å². The monoisotopic (exact) mass is 294 g/mol. The molecule has 0 N–H and O–H groups in total. The molecule has 2 aromatic rings. The number of rotatable bonds is 2. The zero-order valence-electron chi connectivity index (χ0n) is 12.3. The molecule has 0 saturated heterocycles. The second-order valence-corrected chi connectivity index (χ2v) is 4.87. The maximum absolute atomic E-state index is 11.7. The Hall–Kier alpha value is -2.88. The van der Waals surface area contributed by atoms with Gasteiger partial charge in [-0.3, -0.25) is 0 Å². The molecular formula is C18H14O4. The molecule has 0 bridgehead atoms. The van der Waals surface area contributed by atoms with Crippen molar-refractivity contribution in [1.82, 2.24) is 0 Å². The maximum atomic E-state index is 11.7. The van der Waals surface area contributed by atoms with E-state index in [1.165, 1.54) is 26.4 Å². The summed E-state index contributed by atoms with van der Waals surface area (Å²) in [7, 11) is 2.65. The van der Waals surface area contributed by atoms with E-state index in [1.807, 2.05) is 36.4 Å². The molecule has 0 spiro atoms. The van der Waals surface area contributed by atoms with Crippen molar-refractivity contribution >= 4 is 33.9 Å². The summed E-state index contributed by atoms with van der Waals surface area (Å²) >= 11 is 0. The van der Waals surface area contributed by atoms with Crippen LogP contribution in [0.3, 0.4) is 0 Å². The van der Waals surface area contributed by atoms with Gasteiger partial charge in [0, 0.05) is 12.2 Å². The van der Waals surface area contributed by atoms with Crippen molar-refractivity contribution in [3.8, 4) is 0 Å². The van der Waals surface area contributed by atoms with E-state index in [2.05, 4.69) is 0 Å². The molecule has 0 amide bonds. The van der Waals surface area contributed by atoms with E-state index in [0.29, 0.717) is 11.1 Å². The van der Waals surface area contributed by atoms with Gasteiger partial charge in [-0.25, -0.2) is 9.59 Å². The fraction of sp³-hybridized carbons (Fsp3) is 0.111. The van der Waals surface area contributed by atoms with Crippen molar-refractivity contribution in [3.63, 3.8) is 0 Å². The second kappa shape index (κ2) is 5.48. The van der Waals surface area contributed by atoms with Gasteiger partial charge in [0.25, 0.3) is 0 Å². The minimum Gasteiger partial charge on any atom is -0.466 e. The highest BCUT2D eigenvalue weighted by Crippen LogP contribution is 2.45. The number of benzene rings is 2. The fourth-order valence-corrected chi connectivity index (χ4v) is 2.74. The van der Waals surface area contributed by atoms with Crippen molar-refractivity contribution in [2.45, 2.75) is 0 Å². The molecule has 110 valence electrons. The van der Waals surface area contributed by atoms with Crippen LogP contribution in [0.5, 0.6) is 0 Å². The van der Waals surface area contributed by atoms with E-state index in [4.69, 9.17) is 9.47 Å². The zero-order chi connectivity index (χ0) is 15.7. The standard InChI is InChI=1S/C18H14O4/c1-21-16(19)9-14-12-7-3-5-11-6-4-8-13(18(11)12)15(14)10-17(20)22-2/h3-10H,1-2H3/b14-9-,15-10+. The maximum Gasteiger partial charge on any atom is 0.331 e. The molecule has 2 aromatic carbocycles. The Kier molecular flexibility index (Phi) is 3.51. The van der Waals surface area contributed by atoms with E-state index >= 15 is 0 Å². The predicted octanol–water partition coefficient (Wildman–Crippen LogP) is 2.97. The molecule has 0 aromatic heterocycles. The van der Waals surface area contributed by atoms with Crippen LogP contribution >= 0.6 is 0 Å². The molecular weight excluding hydrogens is 280 g/mol. The Morgan fingerprint density at radius 2 is 1.27 bits per heavy atom. The summed E-state index contributed by atoms with van der Waals surface area (Å²) in [4.78, 5) is 23.4. The lowest BCUT2D eigenvalue weighted by atomic mass is 10.0. The van der Waals surface area contributed by atoms with Crippen LogP contribution in [0.4, 0.5) is 0 Å². The van der Waals surface area contributed by atoms with Crippen LogP contribution < -0.4 is 0 Å². The summed E-state index contributed by atoms with van der Waals surface area (Å²) in [5.41, 5.74) is 3.16. The molecule has 0 saturated carbocycles. The molecule has 1 aliphatic carbocycles. The largest absolute Gasteiger partial charge is 0.466 e. The third kappa shape index (κ3) is 2.19. The molecule has 3 rings (SSSR count). The average molecular weight is 294 g/mol. The van der Waals surface area contributed by atoms with Crippen LogP contribution in [0.1, 0.15) is 11.1 Å². The Morgan fingerprint density at radius 3 is 1.68 bits per heavy atom. The normalized spacial score (nSPS) is 16.3. The minimum atomic E-state index is -0.462. The lowest BCUT2D eigenvalue weighted by Gasteiger charge is -2.04. The lowest BCUT2D eigenvalue weighted by Crippen LogP contribution is -1.99. The molecule has 4 nitrogen and oxygen atoms in total. The average Bonchev–Trinajstić information content (AvgIpc) is 2.83. The zero-order valence-corrected chi connectivity index (χ0v) is 12.3. The van der Waals surface area contributed by atoms with Gasteiger partial charge in [0.2, 0.25) is 0 Å². The molecule has 1 aliphatic rings. The third-order valence-electron chi connectivity index (χ3n) is 3.70. The Bertz CT molecular complexity index is 777. The number of carbonyl (C=O) groups is 2. The minimum absolute atomic E-state index is 0.462. The second-order valence-electron chi connectivity index (χ2n) is 4.87. The number of carbonyl (C=O) groups excluding carboxylic acids is 2. The molecule has 22 heavy (non-hydrogen) atoms. The Morgan fingerprint density at radius 1 is 0.818 bits per heavy atom. The van der Waals surface area contributed by atoms with Crippen LogP contribution in [0.15, 0.2) is 48.6 Å². The van der Waals surface area contributed by atoms with E-state index in [0.717, 1.165) is 21.9 Å². The van der Waals surface area contributed by atoms with Gasteiger partial charge < -0.3 is 9.47 Å². The molecule has 0 heterocycles. The number of hydrogen-bond donors (Lipinski definition) is 0. The molecule has 4 heteroatoms. The predicted molar refractivity (Wildman–Crippen MR) is 83.9 cm³/mol. The summed E-state index contributed by atoms with van der Waals surface area (Å²) in [6.07, 6.45) is 2.81. The summed E-state index contributed by atoms with van der Waals surface area (Å²) < 4.78 is 9.46. The highest BCUT2D eigenvalue weighted by molar-refractivity contribution is 6.26. The van der Waals surface area contributed by atoms with Crippen LogP contribution in [-0.4, -0.2) is 26.2 Å². The van der Waals surface area contributed by atoms with Crippen LogP contribution in [0.2, 0.25) is 0 Å². The van der Waals surface area contributed by atoms with E-state index in [-0.39, 0.29) is 0 Å². The number of ether oxygens (including phenoxy) is 2. The first kappa shape index (κ1) is 14.1. The SMILES string of the molecule is COC(=O)/C=C1/C(=C\C(=O)OC)c2cccc3cccc1c23. The van der Waals surface area contributed by atoms with Gasteiger partial charge in [-0.1, -0.05) is 36.4 Å². The van der Waals surface area contributed by atoms with Gasteiger partial charge >= 0.3 is 11.9 Å². The number of methoxy groups -OCH3 is 2. The smallest absolute Gasteiger partial charge is 0.331 e. The quantitative estimate of drug-likeness (QED) is 0.631. The van der Waals surface area contributed by atoms with Crippen molar-refractivity contribution in [3.05, 3.63) is 59.7 Å². The van der Waals surface area contributed by atoms with Crippen molar-refractivity contribution in [2.75, 3.05) is 14.2 Å². The first-order chi connectivity index (χ1) is 10.7. The Labute approximate surface area is 127 Å². The van der Waals surface area contributed by atoms with Gasteiger partial charge in [-0.2, -0.15) is 0 Å². The summed E-state index contributed by atoms with van der Waals surface area (Å²) in [6, 6.07) is 11.7. The first-order valence-corrected chi connectivity index (χ1v) is 6.78. The highest BCUT2D eigenvalue weighted by atomic mass is 16.5. The number of esters is 2. The lowest BCUT2D eigenvalue weighted by molar-refractivity contribution is -0.135. The van der Waals surface area contributed by atoms with Crippen LogP contribution in [-0.2, 0) is 19.1 Å². The van der Waals surface area contributed by atoms with Crippen molar-refractivity contribution in [1.29, 1.82) is 0 Å². The molecule has 0 fully saturated rings. The van der Waals surface area contributed by atoms with Crippen molar-refractivity contribution < 1.29 is 19.1 Å². The summed E-state index contributed by atoms with van der Waals surface area (Å²) in [6.45, 7) is 0. The fourth-order valence-electron chi connectivity index (χ4n) is 2.74. The molecule has 0 radical (unpaired) electrons. The van der Waals surface area contributed by atoms with Crippen LogP contribution in [0.25, 0.3) is 21.9 Å². The van der Waals surface area contributed by atoms with Gasteiger partial charge in [0.15, 0.2) is 0 Å². The number of hydrogen-bond acceptors (Lipinski definition) is 4. The van der Waals surface area contributed by atoms with Gasteiger partial charge in [0.1, 0.15) is 0 Å². The van der Waals surface area contributed by atoms with E-state index < -0.39 is 11.9 Å². The van der Waals surface area contributed by atoms with Crippen molar-refractivity contribution in [2.24, 2.45) is 0 Å². The summed E-state index contributed by atoms with van der Waals surface area (Å²) in [5, 5.41) is 2.08.